The van der Waals surface area contributed by atoms with Gasteiger partial charge >= 0.3 is 0 Å². The van der Waals surface area contributed by atoms with E-state index in [1.165, 1.54) is 6.42 Å². The molecular formula is C19H31NO3. The fourth-order valence-corrected chi connectivity index (χ4v) is 4.45. The van der Waals surface area contributed by atoms with Gasteiger partial charge in [-0.1, -0.05) is 20.3 Å². The predicted octanol–water partition coefficient (Wildman–Crippen LogP) is 2.89. The van der Waals surface area contributed by atoms with Gasteiger partial charge in [0.2, 0.25) is 0 Å². The SMILES string of the molecule is CC(C)C(C1C(=O)C(C)(C)C(=O)C(C)(C)C1=O)N1CCCCC1. The van der Waals surface area contributed by atoms with E-state index in [0.717, 1.165) is 25.9 Å². The number of piperidine rings is 1. The van der Waals surface area contributed by atoms with Crippen LogP contribution < -0.4 is 0 Å². The fourth-order valence-electron chi connectivity index (χ4n) is 4.45. The topological polar surface area (TPSA) is 54.5 Å². The Hall–Kier alpha value is -1.03. The standard InChI is InChI=1S/C19H31NO3/c1-12(2)14(20-10-8-7-9-11-20)13-15(21)18(3,4)17(23)19(5,6)16(13)22/h12-14H,7-11H2,1-6H3. The van der Waals surface area contributed by atoms with Crippen LogP contribution in [0, 0.1) is 22.7 Å². The molecular weight excluding hydrogens is 290 g/mol. The molecule has 1 saturated carbocycles. The number of hydrogen-bond donors (Lipinski definition) is 0. The van der Waals surface area contributed by atoms with E-state index in [0.29, 0.717) is 0 Å². The molecule has 0 radical (unpaired) electrons. The van der Waals surface area contributed by atoms with Crippen LogP contribution >= 0.6 is 0 Å². The number of nitrogens with zero attached hydrogens (tertiary/aromatic N) is 1. The molecule has 23 heavy (non-hydrogen) atoms. The van der Waals surface area contributed by atoms with Gasteiger partial charge in [0.05, 0.1) is 16.7 Å². The normalized spacial score (nSPS) is 27.5. The van der Waals surface area contributed by atoms with E-state index in [1.54, 1.807) is 27.7 Å². The molecule has 1 atom stereocenters. The molecule has 1 aliphatic heterocycles. The molecule has 130 valence electrons. The highest BCUT2D eigenvalue weighted by atomic mass is 16.2. The maximum Gasteiger partial charge on any atom is 0.158 e. The molecule has 1 unspecified atom stereocenters. The van der Waals surface area contributed by atoms with Crippen molar-refractivity contribution in [2.45, 2.75) is 66.8 Å². The molecule has 4 nitrogen and oxygen atoms in total. The van der Waals surface area contributed by atoms with Gasteiger partial charge in [-0.2, -0.15) is 0 Å². The smallest absolute Gasteiger partial charge is 0.158 e. The lowest BCUT2D eigenvalue weighted by Crippen LogP contribution is -2.63. The van der Waals surface area contributed by atoms with E-state index in [9.17, 15) is 14.4 Å². The third-order valence-electron chi connectivity index (χ3n) is 5.77. The van der Waals surface area contributed by atoms with Gasteiger partial charge in [-0.15, -0.1) is 0 Å². The maximum atomic E-state index is 13.1. The van der Waals surface area contributed by atoms with Crippen LogP contribution in [0.15, 0.2) is 0 Å². The molecule has 1 saturated heterocycles. The molecule has 0 amide bonds. The first-order valence-corrected chi connectivity index (χ1v) is 8.90. The number of carbonyl (C=O) groups excluding carboxylic acids is 3. The van der Waals surface area contributed by atoms with Crippen molar-refractivity contribution in [3.63, 3.8) is 0 Å². The molecule has 0 aromatic rings. The van der Waals surface area contributed by atoms with Crippen LogP contribution in [0.5, 0.6) is 0 Å². The van der Waals surface area contributed by atoms with E-state index in [4.69, 9.17) is 0 Å². The van der Waals surface area contributed by atoms with E-state index < -0.39 is 16.7 Å². The minimum absolute atomic E-state index is 0.0954. The zero-order chi connectivity index (χ0) is 17.6. The first kappa shape index (κ1) is 18.3. The molecule has 1 heterocycles. The second-order valence-corrected chi connectivity index (χ2v) is 8.62. The van der Waals surface area contributed by atoms with Crippen molar-refractivity contribution in [2.75, 3.05) is 13.1 Å². The van der Waals surface area contributed by atoms with Gasteiger partial charge in [0, 0.05) is 6.04 Å². The molecule has 2 fully saturated rings. The van der Waals surface area contributed by atoms with Crippen molar-refractivity contribution in [2.24, 2.45) is 22.7 Å². The van der Waals surface area contributed by atoms with Crippen molar-refractivity contribution >= 4 is 17.3 Å². The van der Waals surface area contributed by atoms with Crippen molar-refractivity contribution < 1.29 is 14.4 Å². The summed E-state index contributed by atoms with van der Waals surface area (Å²) in [5, 5.41) is 0. The van der Waals surface area contributed by atoms with Crippen LogP contribution in [0.3, 0.4) is 0 Å². The van der Waals surface area contributed by atoms with Crippen molar-refractivity contribution in [3.8, 4) is 0 Å². The van der Waals surface area contributed by atoms with E-state index in [1.807, 2.05) is 0 Å². The summed E-state index contributed by atoms with van der Waals surface area (Å²) in [6, 6.07) is -0.0954. The summed E-state index contributed by atoms with van der Waals surface area (Å²) in [5.41, 5.74) is -2.16. The molecule has 0 aromatic heterocycles. The Labute approximate surface area is 140 Å². The molecule has 1 aliphatic carbocycles. The predicted molar refractivity (Wildman–Crippen MR) is 90.1 cm³/mol. The minimum Gasteiger partial charge on any atom is -0.299 e. The summed E-state index contributed by atoms with van der Waals surface area (Å²) < 4.78 is 0. The Kier molecular flexibility index (Phi) is 4.87. The van der Waals surface area contributed by atoms with Crippen molar-refractivity contribution in [1.82, 2.24) is 4.90 Å². The van der Waals surface area contributed by atoms with Gasteiger partial charge in [0.15, 0.2) is 17.3 Å². The van der Waals surface area contributed by atoms with Crippen LogP contribution in [0.1, 0.15) is 60.8 Å². The quantitative estimate of drug-likeness (QED) is 0.750. The van der Waals surface area contributed by atoms with Crippen LogP contribution in [0.25, 0.3) is 0 Å². The van der Waals surface area contributed by atoms with Crippen molar-refractivity contribution in [1.29, 1.82) is 0 Å². The Balaban J connectivity index is 2.46. The average Bonchev–Trinajstić information content (AvgIpc) is 2.49. The van der Waals surface area contributed by atoms with E-state index in [-0.39, 0.29) is 29.3 Å². The third-order valence-corrected chi connectivity index (χ3v) is 5.77. The number of hydrogen-bond acceptors (Lipinski definition) is 4. The van der Waals surface area contributed by atoms with Gasteiger partial charge in [-0.05, 0) is 59.5 Å². The Morgan fingerprint density at radius 1 is 0.870 bits per heavy atom. The number of rotatable bonds is 3. The third kappa shape index (κ3) is 2.90. The monoisotopic (exact) mass is 321 g/mol. The number of Topliss-reactive ketones (excluding diaryl/α,β-unsaturated/α-hetero) is 3. The lowest BCUT2D eigenvalue weighted by atomic mass is 9.56. The summed E-state index contributed by atoms with van der Waals surface area (Å²) in [7, 11) is 0. The molecule has 2 aliphatic rings. The zero-order valence-electron chi connectivity index (χ0n) is 15.4. The van der Waals surface area contributed by atoms with E-state index >= 15 is 0 Å². The Morgan fingerprint density at radius 2 is 1.30 bits per heavy atom. The van der Waals surface area contributed by atoms with Gasteiger partial charge in [0.1, 0.15) is 0 Å². The summed E-state index contributed by atoms with van der Waals surface area (Å²) in [5.74, 6) is -1.09. The zero-order valence-corrected chi connectivity index (χ0v) is 15.4. The molecule has 2 rings (SSSR count). The summed E-state index contributed by atoms with van der Waals surface area (Å²) >= 11 is 0. The number of carbonyl (C=O) groups is 3. The van der Waals surface area contributed by atoms with Crippen LogP contribution in [-0.2, 0) is 14.4 Å². The number of likely N-dealkylation sites (tertiary alicyclic amines) is 1. The van der Waals surface area contributed by atoms with Crippen molar-refractivity contribution in [3.05, 3.63) is 0 Å². The molecule has 0 N–H and O–H groups in total. The fraction of sp³-hybridized carbons (Fsp3) is 0.842. The van der Waals surface area contributed by atoms with Gasteiger partial charge in [-0.25, -0.2) is 0 Å². The Morgan fingerprint density at radius 3 is 1.70 bits per heavy atom. The molecule has 0 spiro atoms. The maximum absolute atomic E-state index is 13.1. The first-order chi connectivity index (χ1) is 10.5. The Bertz CT molecular complexity index is 483. The van der Waals surface area contributed by atoms with Crippen LogP contribution in [0.2, 0.25) is 0 Å². The lowest BCUT2D eigenvalue weighted by molar-refractivity contribution is -0.163. The highest BCUT2D eigenvalue weighted by Crippen LogP contribution is 2.44. The second kappa shape index (κ2) is 6.12. The van der Waals surface area contributed by atoms with E-state index in [2.05, 4.69) is 18.7 Å². The average molecular weight is 321 g/mol. The van der Waals surface area contributed by atoms with Crippen LogP contribution in [-0.4, -0.2) is 41.4 Å². The summed E-state index contributed by atoms with van der Waals surface area (Å²) in [4.78, 5) is 41.1. The molecule has 4 heteroatoms. The highest BCUT2D eigenvalue weighted by Gasteiger charge is 2.60. The summed E-state index contributed by atoms with van der Waals surface area (Å²) in [6.45, 7) is 12.8. The second-order valence-electron chi connectivity index (χ2n) is 8.62. The lowest BCUT2D eigenvalue weighted by Gasteiger charge is -2.47. The first-order valence-electron chi connectivity index (χ1n) is 8.90. The number of ketones is 3. The van der Waals surface area contributed by atoms with Gasteiger partial charge < -0.3 is 0 Å². The molecule has 0 aromatic carbocycles. The van der Waals surface area contributed by atoms with Gasteiger partial charge in [-0.3, -0.25) is 19.3 Å². The largest absolute Gasteiger partial charge is 0.299 e. The van der Waals surface area contributed by atoms with Crippen LogP contribution in [0.4, 0.5) is 0 Å². The summed E-state index contributed by atoms with van der Waals surface area (Å²) in [6.07, 6.45) is 3.44. The minimum atomic E-state index is -1.08. The highest BCUT2D eigenvalue weighted by molar-refractivity contribution is 6.28. The molecule has 0 bridgehead atoms. The van der Waals surface area contributed by atoms with Gasteiger partial charge in [0.25, 0.3) is 0 Å².